The van der Waals surface area contributed by atoms with Crippen LogP contribution < -0.4 is 26.0 Å². The van der Waals surface area contributed by atoms with Crippen LogP contribution in [0.5, 0.6) is 11.5 Å². The molecule has 33 heavy (non-hydrogen) atoms. The lowest BCUT2D eigenvalue weighted by molar-refractivity contribution is -0.112. The predicted octanol–water partition coefficient (Wildman–Crippen LogP) is 3.77. The number of carbonyl (C=O) groups excluding carboxylic acids is 1. The molecule has 0 saturated heterocycles. The van der Waals surface area contributed by atoms with Crippen LogP contribution in [0.2, 0.25) is 0 Å². The molecule has 2 aromatic rings. The summed E-state index contributed by atoms with van der Waals surface area (Å²) < 4.78 is 6.13. The predicted molar refractivity (Wildman–Crippen MR) is 132 cm³/mol. The van der Waals surface area contributed by atoms with Crippen molar-refractivity contribution in [1.82, 2.24) is 20.9 Å². The first-order valence-corrected chi connectivity index (χ1v) is 10.8. The van der Waals surface area contributed by atoms with E-state index in [2.05, 4.69) is 38.9 Å². The molecule has 7 nitrogen and oxygen atoms in total. The first-order valence-electron chi connectivity index (χ1n) is 10.8. The summed E-state index contributed by atoms with van der Waals surface area (Å²) >= 11 is 0. The highest BCUT2D eigenvalue weighted by atomic mass is 16.5. The summed E-state index contributed by atoms with van der Waals surface area (Å²) in [5.41, 5.74) is 4.53. The van der Waals surface area contributed by atoms with Crippen LogP contribution in [-0.4, -0.2) is 30.5 Å². The van der Waals surface area contributed by atoms with Gasteiger partial charge in [0.1, 0.15) is 17.3 Å². The molecule has 0 fully saturated rings. The van der Waals surface area contributed by atoms with Crippen LogP contribution in [0.25, 0.3) is 5.70 Å². The largest absolute Gasteiger partial charge is 0.457 e. The number of nitrogens with one attached hydrogen (secondary N) is 4. The molecule has 0 aliphatic carbocycles. The highest BCUT2D eigenvalue weighted by Gasteiger charge is 2.12. The van der Waals surface area contributed by atoms with E-state index in [1.54, 1.807) is 30.6 Å². The Morgan fingerprint density at radius 1 is 1.21 bits per heavy atom. The molecular weight excluding hydrogens is 414 g/mol. The molecular formula is C26H27N5O2. The van der Waals surface area contributed by atoms with E-state index in [0.717, 1.165) is 23.4 Å². The monoisotopic (exact) mass is 441 g/mol. The van der Waals surface area contributed by atoms with Gasteiger partial charge in [0.2, 0.25) is 0 Å². The van der Waals surface area contributed by atoms with Crippen LogP contribution in [-0.2, 0) is 4.79 Å². The quantitative estimate of drug-likeness (QED) is 0.499. The zero-order chi connectivity index (χ0) is 23.0. The van der Waals surface area contributed by atoms with E-state index in [9.17, 15) is 4.79 Å². The number of amides is 1. The van der Waals surface area contributed by atoms with Gasteiger partial charge in [0, 0.05) is 54.9 Å². The number of hydrogen-bond acceptors (Lipinski definition) is 6. The fourth-order valence-corrected chi connectivity index (χ4v) is 3.45. The van der Waals surface area contributed by atoms with Crippen LogP contribution in [0.3, 0.4) is 0 Å². The van der Waals surface area contributed by atoms with Gasteiger partial charge >= 0.3 is 0 Å². The average Bonchev–Trinajstić information content (AvgIpc) is 2.85. The molecule has 2 aliphatic rings. The van der Waals surface area contributed by atoms with Crippen molar-refractivity contribution in [2.45, 2.75) is 6.92 Å². The number of hydrogen-bond donors (Lipinski definition) is 4. The van der Waals surface area contributed by atoms with Crippen molar-refractivity contribution in [2.24, 2.45) is 0 Å². The second-order valence-electron chi connectivity index (χ2n) is 7.62. The smallest absolute Gasteiger partial charge is 0.258 e. The fraction of sp³-hybridized carbons (Fsp3) is 0.154. The Bertz CT molecular complexity index is 1180. The van der Waals surface area contributed by atoms with E-state index in [1.807, 2.05) is 43.5 Å². The summed E-state index contributed by atoms with van der Waals surface area (Å²) in [6.45, 7) is 8.46. The molecule has 0 spiro atoms. The maximum absolute atomic E-state index is 12.4. The van der Waals surface area contributed by atoms with E-state index in [4.69, 9.17) is 4.74 Å². The molecule has 2 aliphatic heterocycles. The molecule has 4 rings (SSSR count). The summed E-state index contributed by atoms with van der Waals surface area (Å²) in [5.74, 6) is 1.47. The summed E-state index contributed by atoms with van der Waals surface area (Å²) in [4.78, 5) is 16.6. The van der Waals surface area contributed by atoms with Crippen molar-refractivity contribution in [2.75, 3.05) is 25.0 Å². The first kappa shape index (κ1) is 22.0. The molecule has 0 atom stereocenters. The van der Waals surface area contributed by atoms with E-state index >= 15 is 0 Å². The molecule has 0 radical (unpaired) electrons. The lowest BCUT2D eigenvalue weighted by Crippen LogP contribution is -2.19. The standard InChI is InChI=1S/C26H27N5O2/c1-18-23(19(2)30-16-20-8-12-27-13-9-20)6-3-7-24(18)33-22-10-14-29-25(15-22)31-26(32)21-5-4-11-28-17-21/h3-10,12,14-15,17,27-28,30H,2,11,13,16H2,1H3,(H,29,31,32). The number of aromatic nitrogens is 1. The Labute approximate surface area is 193 Å². The van der Waals surface area contributed by atoms with Crippen LogP contribution in [0.15, 0.2) is 91.0 Å². The number of carbonyl (C=O) groups is 1. The number of ether oxygens (including phenoxy) is 1. The van der Waals surface area contributed by atoms with Crippen LogP contribution in [0.1, 0.15) is 11.1 Å². The van der Waals surface area contributed by atoms with Gasteiger partial charge in [-0.05, 0) is 36.9 Å². The van der Waals surface area contributed by atoms with Crippen LogP contribution in [0, 0.1) is 6.92 Å². The van der Waals surface area contributed by atoms with Crippen molar-refractivity contribution in [3.63, 3.8) is 0 Å². The lowest BCUT2D eigenvalue weighted by atomic mass is 10.0. The fourth-order valence-electron chi connectivity index (χ4n) is 3.45. The van der Waals surface area contributed by atoms with Gasteiger partial charge in [0.25, 0.3) is 5.91 Å². The summed E-state index contributed by atoms with van der Waals surface area (Å²) in [7, 11) is 0. The van der Waals surface area contributed by atoms with Crippen molar-refractivity contribution < 1.29 is 9.53 Å². The van der Waals surface area contributed by atoms with Crippen molar-refractivity contribution >= 4 is 17.4 Å². The average molecular weight is 442 g/mol. The highest BCUT2D eigenvalue weighted by Crippen LogP contribution is 2.30. The maximum atomic E-state index is 12.4. The summed E-state index contributed by atoms with van der Waals surface area (Å²) in [6.07, 6.45) is 13.1. The van der Waals surface area contributed by atoms with Gasteiger partial charge in [-0.15, -0.1) is 0 Å². The van der Waals surface area contributed by atoms with E-state index in [1.165, 1.54) is 5.57 Å². The Morgan fingerprint density at radius 3 is 2.91 bits per heavy atom. The second kappa shape index (κ2) is 10.4. The van der Waals surface area contributed by atoms with Crippen LogP contribution >= 0.6 is 0 Å². The van der Waals surface area contributed by atoms with Gasteiger partial charge in [-0.3, -0.25) is 4.79 Å². The summed E-state index contributed by atoms with van der Waals surface area (Å²) in [6, 6.07) is 9.32. The Morgan fingerprint density at radius 2 is 2.12 bits per heavy atom. The number of anilines is 1. The number of rotatable bonds is 8. The molecule has 3 heterocycles. The van der Waals surface area contributed by atoms with Gasteiger partial charge < -0.3 is 26.0 Å². The van der Waals surface area contributed by atoms with Gasteiger partial charge in [0.15, 0.2) is 0 Å². The molecule has 168 valence electrons. The SMILES string of the molecule is C=C(NCC1=CCNC=C1)c1cccc(Oc2ccnc(NC(=O)C3=CNCC=C3)c2)c1C. The van der Waals surface area contributed by atoms with Gasteiger partial charge in [0.05, 0.1) is 5.57 Å². The minimum atomic E-state index is -0.234. The Kier molecular flexibility index (Phi) is 6.90. The van der Waals surface area contributed by atoms with Crippen molar-refractivity contribution in [3.8, 4) is 11.5 Å². The van der Waals surface area contributed by atoms with Gasteiger partial charge in [-0.1, -0.05) is 36.9 Å². The van der Waals surface area contributed by atoms with Crippen molar-refractivity contribution in [3.05, 3.63) is 102 Å². The van der Waals surface area contributed by atoms with Gasteiger partial charge in [-0.2, -0.15) is 0 Å². The third-order valence-electron chi connectivity index (χ3n) is 5.27. The number of pyridine rings is 1. The Hall–Kier alpha value is -4.26. The first-order chi connectivity index (χ1) is 16.1. The molecule has 1 amide bonds. The topological polar surface area (TPSA) is 87.3 Å². The van der Waals surface area contributed by atoms with E-state index in [-0.39, 0.29) is 5.91 Å². The minimum absolute atomic E-state index is 0.234. The molecule has 7 heteroatoms. The summed E-state index contributed by atoms with van der Waals surface area (Å²) in [5, 5.41) is 12.4. The van der Waals surface area contributed by atoms with Crippen molar-refractivity contribution in [1.29, 1.82) is 0 Å². The number of dihydropyridines is 2. The molecule has 0 bridgehead atoms. The third-order valence-corrected chi connectivity index (χ3v) is 5.27. The number of nitrogens with zero attached hydrogens (tertiary/aromatic N) is 1. The van der Waals surface area contributed by atoms with E-state index in [0.29, 0.717) is 36.0 Å². The normalized spacial score (nSPS) is 14.3. The second-order valence-corrected chi connectivity index (χ2v) is 7.62. The Balaban J connectivity index is 1.43. The maximum Gasteiger partial charge on any atom is 0.258 e. The zero-order valence-corrected chi connectivity index (χ0v) is 18.5. The molecule has 1 aromatic heterocycles. The number of benzene rings is 1. The van der Waals surface area contributed by atoms with E-state index < -0.39 is 0 Å². The van der Waals surface area contributed by atoms with Gasteiger partial charge in [-0.25, -0.2) is 4.98 Å². The molecule has 1 aromatic carbocycles. The molecule has 0 unspecified atom stereocenters. The molecule has 4 N–H and O–H groups in total. The zero-order valence-electron chi connectivity index (χ0n) is 18.5. The van der Waals surface area contributed by atoms with Crippen LogP contribution in [0.4, 0.5) is 5.82 Å². The lowest BCUT2D eigenvalue weighted by Gasteiger charge is -2.17. The molecule has 0 saturated carbocycles. The minimum Gasteiger partial charge on any atom is -0.457 e. The highest BCUT2D eigenvalue weighted by molar-refractivity contribution is 6.05. The third kappa shape index (κ3) is 5.71.